The number of benzene rings is 1. The molecule has 3 heterocycles. The predicted octanol–water partition coefficient (Wildman–Crippen LogP) is 3.92. The van der Waals surface area contributed by atoms with E-state index in [1.807, 2.05) is 35.2 Å². The van der Waals surface area contributed by atoms with Gasteiger partial charge in [0.2, 0.25) is 0 Å². The van der Waals surface area contributed by atoms with E-state index in [0.717, 1.165) is 62.3 Å². The molecule has 5 nitrogen and oxygen atoms in total. The van der Waals surface area contributed by atoms with Crippen LogP contribution in [0.15, 0.2) is 36.4 Å². The summed E-state index contributed by atoms with van der Waals surface area (Å²) in [4.78, 5) is 18.5. The summed E-state index contributed by atoms with van der Waals surface area (Å²) in [5, 5.41) is 0. The van der Waals surface area contributed by atoms with Gasteiger partial charge in [0.25, 0.3) is 5.91 Å². The monoisotopic (exact) mass is 420 g/mol. The van der Waals surface area contributed by atoms with Gasteiger partial charge in [-0.3, -0.25) is 9.69 Å². The minimum absolute atomic E-state index is 0.0707. The van der Waals surface area contributed by atoms with Gasteiger partial charge >= 0.3 is 0 Å². The molecule has 0 spiro atoms. The zero-order valence-electron chi connectivity index (χ0n) is 15.8. The Kier molecular flexibility index (Phi) is 6.52. The van der Waals surface area contributed by atoms with Crippen molar-refractivity contribution in [3.63, 3.8) is 0 Å². The Morgan fingerprint density at radius 1 is 1.21 bits per heavy atom. The van der Waals surface area contributed by atoms with Crippen LogP contribution in [0.2, 0.25) is 4.34 Å². The highest BCUT2D eigenvalue weighted by Crippen LogP contribution is 2.23. The second kappa shape index (κ2) is 9.27. The lowest BCUT2D eigenvalue weighted by Crippen LogP contribution is -2.48. The first-order valence-electron chi connectivity index (χ1n) is 9.78. The lowest BCUT2D eigenvalue weighted by atomic mass is 10.1. The zero-order chi connectivity index (χ0) is 19.3. The molecule has 1 atom stereocenters. The van der Waals surface area contributed by atoms with E-state index < -0.39 is 0 Å². The number of hydrogen-bond acceptors (Lipinski definition) is 5. The Hall–Kier alpha value is -1.60. The van der Waals surface area contributed by atoms with Gasteiger partial charge in [0.15, 0.2) is 0 Å². The normalized spacial score (nSPS) is 20.5. The van der Waals surface area contributed by atoms with Crippen molar-refractivity contribution in [2.45, 2.75) is 25.5 Å². The van der Waals surface area contributed by atoms with Crippen LogP contribution in [0.1, 0.15) is 28.1 Å². The molecule has 1 aromatic heterocycles. The van der Waals surface area contributed by atoms with E-state index in [9.17, 15) is 4.79 Å². The van der Waals surface area contributed by atoms with Gasteiger partial charge in [-0.2, -0.15) is 0 Å². The molecule has 1 aromatic carbocycles. The molecular formula is C21H25ClN2O3S. The second-order valence-corrected chi connectivity index (χ2v) is 9.05. The van der Waals surface area contributed by atoms with Crippen molar-refractivity contribution >= 4 is 28.8 Å². The minimum Gasteiger partial charge on any atom is -0.491 e. The highest BCUT2D eigenvalue weighted by atomic mass is 35.5. The number of carbonyl (C=O) groups is 1. The number of piperazine rings is 1. The standard InChI is InChI=1S/C21H25ClN2O3S/c22-20-7-6-19(28-20)14-23-8-10-24(11-9-23)21(25)16-3-1-4-17(13-16)27-15-18-5-2-12-26-18/h1,3-4,6-7,13,18H,2,5,8-12,14-15H2/t18-/m0/s1. The van der Waals surface area contributed by atoms with Crippen LogP contribution in [-0.4, -0.2) is 61.2 Å². The molecule has 0 unspecified atom stereocenters. The number of hydrogen-bond donors (Lipinski definition) is 0. The van der Waals surface area contributed by atoms with Crippen molar-refractivity contribution in [3.8, 4) is 5.75 Å². The number of rotatable bonds is 6. The fraction of sp³-hybridized carbons (Fsp3) is 0.476. The highest BCUT2D eigenvalue weighted by Gasteiger charge is 2.23. The van der Waals surface area contributed by atoms with Crippen LogP contribution in [0.25, 0.3) is 0 Å². The topological polar surface area (TPSA) is 42.0 Å². The fourth-order valence-electron chi connectivity index (χ4n) is 3.63. The van der Waals surface area contributed by atoms with Crippen LogP contribution in [0, 0.1) is 0 Å². The molecule has 150 valence electrons. The number of nitrogens with zero attached hydrogens (tertiary/aromatic N) is 2. The molecule has 2 fully saturated rings. The molecule has 0 radical (unpaired) electrons. The Balaban J connectivity index is 1.29. The van der Waals surface area contributed by atoms with Crippen LogP contribution >= 0.6 is 22.9 Å². The molecule has 28 heavy (non-hydrogen) atoms. The third kappa shape index (κ3) is 5.06. The van der Waals surface area contributed by atoms with Crippen molar-refractivity contribution in [1.29, 1.82) is 0 Å². The summed E-state index contributed by atoms with van der Waals surface area (Å²) >= 11 is 7.63. The average molecular weight is 421 g/mol. The molecular weight excluding hydrogens is 396 g/mol. The number of carbonyl (C=O) groups excluding carboxylic acids is 1. The quantitative estimate of drug-likeness (QED) is 0.710. The zero-order valence-corrected chi connectivity index (χ0v) is 17.4. The maximum absolute atomic E-state index is 12.9. The Morgan fingerprint density at radius 2 is 2.07 bits per heavy atom. The average Bonchev–Trinajstić information content (AvgIpc) is 3.38. The van der Waals surface area contributed by atoms with E-state index in [1.165, 1.54) is 4.88 Å². The maximum Gasteiger partial charge on any atom is 0.254 e. The van der Waals surface area contributed by atoms with Crippen LogP contribution < -0.4 is 4.74 Å². The lowest BCUT2D eigenvalue weighted by molar-refractivity contribution is 0.0626. The lowest BCUT2D eigenvalue weighted by Gasteiger charge is -2.34. The van der Waals surface area contributed by atoms with Gasteiger partial charge in [-0.25, -0.2) is 0 Å². The smallest absolute Gasteiger partial charge is 0.254 e. The van der Waals surface area contributed by atoms with Crippen LogP contribution in [0.5, 0.6) is 5.75 Å². The van der Waals surface area contributed by atoms with E-state index in [1.54, 1.807) is 11.3 Å². The van der Waals surface area contributed by atoms with E-state index in [2.05, 4.69) is 11.0 Å². The SMILES string of the molecule is O=C(c1cccc(OC[C@@H]2CCCO2)c1)N1CCN(Cc2ccc(Cl)s2)CC1. The molecule has 0 aliphatic carbocycles. The first-order valence-corrected chi connectivity index (χ1v) is 11.0. The number of thiophene rings is 1. The molecule has 7 heteroatoms. The first kappa shape index (κ1) is 19.7. The summed E-state index contributed by atoms with van der Waals surface area (Å²) in [6.07, 6.45) is 2.31. The summed E-state index contributed by atoms with van der Waals surface area (Å²) in [7, 11) is 0. The van der Waals surface area contributed by atoms with Crippen molar-refractivity contribution in [1.82, 2.24) is 9.80 Å². The number of ether oxygens (including phenoxy) is 2. The maximum atomic E-state index is 12.9. The van der Waals surface area contributed by atoms with Crippen LogP contribution in [0.4, 0.5) is 0 Å². The molecule has 2 aliphatic heterocycles. The third-order valence-electron chi connectivity index (χ3n) is 5.21. The van der Waals surface area contributed by atoms with Crippen molar-refractivity contribution < 1.29 is 14.3 Å². The van der Waals surface area contributed by atoms with Crippen LogP contribution in [-0.2, 0) is 11.3 Å². The summed E-state index contributed by atoms with van der Waals surface area (Å²) in [6.45, 7) is 5.47. The van der Waals surface area contributed by atoms with Gasteiger partial charge in [-0.15, -0.1) is 11.3 Å². The molecule has 0 N–H and O–H groups in total. The van der Waals surface area contributed by atoms with Crippen molar-refractivity contribution in [2.75, 3.05) is 39.4 Å². The molecule has 1 amide bonds. The number of amides is 1. The summed E-state index contributed by atoms with van der Waals surface area (Å²) in [6, 6.07) is 11.5. The third-order valence-corrected chi connectivity index (χ3v) is 6.42. The second-order valence-electron chi connectivity index (χ2n) is 7.25. The van der Waals surface area contributed by atoms with Gasteiger partial charge in [-0.1, -0.05) is 17.7 Å². The molecule has 2 aliphatic rings. The van der Waals surface area contributed by atoms with Crippen LogP contribution in [0.3, 0.4) is 0 Å². The molecule has 2 saturated heterocycles. The highest BCUT2D eigenvalue weighted by molar-refractivity contribution is 7.16. The molecule has 2 aromatic rings. The minimum atomic E-state index is 0.0707. The molecule has 0 bridgehead atoms. The van der Waals surface area contributed by atoms with Gasteiger partial charge < -0.3 is 14.4 Å². The van der Waals surface area contributed by atoms with Gasteiger partial charge in [0.05, 0.1) is 10.4 Å². The fourth-order valence-corrected chi connectivity index (χ4v) is 4.76. The van der Waals surface area contributed by atoms with Gasteiger partial charge in [-0.05, 0) is 43.2 Å². The number of halogens is 1. The Bertz CT molecular complexity index is 798. The van der Waals surface area contributed by atoms with E-state index in [-0.39, 0.29) is 12.0 Å². The first-order chi connectivity index (χ1) is 13.7. The largest absolute Gasteiger partial charge is 0.491 e. The van der Waals surface area contributed by atoms with E-state index in [4.69, 9.17) is 21.1 Å². The van der Waals surface area contributed by atoms with Crippen molar-refractivity contribution in [3.05, 3.63) is 51.2 Å². The van der Waals surface area contributed by atoms with Crippen molar-refractivity contribution in [2.24, 2.45) is 0 Å². The van der Waals surface area contributed by atoms with E-state index >= 15 is 0 Å². The Morgan fingerprint density at radius 3 is 2.79 bits per heavy atom. The van der Waals surface area contributed by atoms with E-state index in [0.29, 0.717) is 12.2 Å². The summed E-state index contributed by atoms with van der Waals surface area (Å²) in [5.74, 6) is 0.802. The van der Waals surface area contributed by atoms with Gasteiger partial charge in [0, 0.05) is 49.8 Å². The Labute approximate surface area is 174 Å². The summed E-state index contributed by atoms with van der Waals surface area (Å²) < 4.78 is 12.3. The summed E-state index contributed by atoms with van der Waals surface area (Å²) in [5.41, 5.74) is 0.684. The predicted molar refractivity (Wildman–Crippen MR) is 111 cm³/mol. The molecule has 4 rings (SSSR count). The molecule has 0 saturated carbocycles. The van der Waals surface area contributed by atoms with Gasteiger partial charge in [0.1, 0.15) is 12.4 Å².